The predicted octanol–water partition coefficient (Wildman–Crippen LogP) is 4.22. The third-order valence-corrected chi connectivity index (χ3v) is 4.83. The first-order chi connectivity index (χ1) is 13.0. The fourth-order valence-electron chi connectivity index (χ4n) is 3.18. The van der Waals surface area contributed by atoms with Gasteiger partial charge < -0.3 is 4.90 Å². The van der Waals surface area contributed by atoms with Gasteiger partial charge in [-0.1, -0.05) is 36.4 Å². The summed E-state index contributed by atoms with van der Waals surface area (Å²) in [5.41, 5.74) is 4.54. The Kier molecular flexibility index (Phi) is 5.69. The van der Waals surface area contributed by atoms with Crippen molar-refractivity contribution < 1.29 is 9.18 Å². The summed E-state index contributed by atoms with van der Waals surface area (Å²) in [6, 6.07) is 16.5. The molecular formula is C22H24FN3O. The van der Waals surface area contributed by atoms with Crippen LogP contribution in [0.2, 0.25) is 0 Å². The largest absolute Gasteiger partial charge is 0.341 e. The standard InChI is InChI=1S/C22H24FN3O/c1-16-20(17(2)26(24-16)19-10-5-4-6-11-19)15-25(3)22(27)14-13-18-9-7-8-12-21(18)23/h4-12H,13-15H2,1-3H3. The van der Waals surface area contributed by atoms with Crippen LogP contribution >= 0.6 is 0 Å². The highest BCUT2D eigenvalue weighted by molar-refractivity contribution is 5.76. The monoisotopic (exact) mass is 365 g/mol. The van der Waals surface area contributed by atoms with Crippen molar-refractivity contribution in [2.24, 2.45) is 0 Å². The Morgan fingerprint density at radius 2 is 1.74 bits per heavy atom. The second kappa shape index (κ2) is 8.16. The average Bonchev–Trinajstić information content (AvgIpc) is 2.96. The van der Waals surface area contributed by atoms with Crippen molar-refractivity contribution in [3.63, 3.8) is 0 Å². The van der Waals surface area contributed by atoms with Gasteiger partial charge in [-0.05, 0) is 44.0 Å². The number of aromatic nitrogens is 2. The highest BCUT2D eigenvalue weighted by Gasteiger charge is 2.17. The molecule has 0 atom stereocenters. The number of carbonyl (C=O) groups is 1. The molecule has 3 aromatic rings. The molecule has 5 heteroatoms. The number of benzene rings is 2. The van der Waals surface area contributed by atoms with Crippen LogP contribution in [-0.2, 0) is 17.8 Å². The highest BCUT2D eigenvalue weighted by atomic mass is 19.1. The van der Waals surface area contributed by atoms with Crippen LogP contribution in [0.3, 0.4) is 0 Å². The van der Waals surface area contributed by atoms with Crippen LogP contribution in [0.5, 0.6) is 0 Å². The van der Waals surface area contributed by atoms with E-state index in [1.165, 1.54) is 6.07 Å². The minimum atomic E-state index is -0.260. The number of halogens is 1. The van der Waals surface area contributed by atoms with Crippen LogP contribution in [0.4, 0.5) is 4.39 Å². The van der Waals surface area contributed by atoms with E-state index < -0.39 is 0 Å². The summed E-state index contributed by atoms with van der Waals surface area (Å²) in [6.07, 6.45) is 0.680. The Bertz CT molecular complexity index is 934. The molecule has 1 heterocycles. The molecule has 3 rings (SSSR count). The third-order valence-electron chi connectivity index (χ3n) is 4.83. The summed E-state index contributed by atoms with van der Waals surface area (Å²) >= 11 is 0. The van der Waals surface area contributed by atoms with Gasteiger partial charge in [0.05, 0.1) is 11.4 Å². The van der Waals surface area contributed by atoms with E-state index in [4.69, 9.17) is 0 Å². The highest BCUT2D eigenvalue weighted by Crippen LogP contribution is 2.19. The minimum Gasteiger partial charge on any atom is -0.341 e. The smallest absolute Gasteiger partial charge is 0.222 e. The van der Waals surface area contributed by atoms with E-state index in [1.54, 1.807) is 30.1 Å². The van der Waals surface area contributed by atoms with Crippen LogP contribution in [0.15, 0.2) is 54.6 Å². The van der Waals surface area contributed by atoms with Crippen LogP contribution in [0.1, 0.15) is 28.9 Å². The Balaban J connectivity index is 1.69. The maximum absolute atomic E-state index is 13.7. The quantitative estimate of drug-likeness (QED) is 0.656. The fourth-order valence-corrected chi connectivity index (χ4v) is 3.18. The number of amides is 1. The number of carbonyl (C=O) groups excluding carboxylic acids is 1. The maximum Gasteiger partial charge on any atom is 0.222 e. The van der Waals surface area contributed by atoms with E-state index in [0.29, 0.717) is 18.5 Å². The molecule has 140 valence electrons. The van der Waals surface area contributed by atoms with Crippen LogP contribution in [0, 0.1) is 19.7 Å². The van der Waals surface area contributed by atoms with E-state index in [1.807, 2.05) is 48.9 Å². The first-order valence-electron chi connectivity index (χ1n) is 9.05. The van der Waals surface area contributed by atoms with Crippen molar-refractivity contribution in [1.29, 1.82) is 0 Å². The molecule has 1 amide bonds. The van der Waals surface area contributed by atoms with Gasteiger partial charge in [0.2, 0.25) is 5.91 Å². The molecule has 0 unspecified atom stereocenters. The Morgan fingerprint density at radius 1 is 1.07 bits per heavy atom. The second-order valence-corrected chi connectivity index (χ2v) is 6.74. The Morgan fingerprint density at radius 3 is 2.44 bits per heavy atom. The summed E-state index contributed by atoms with van der Waals surface area (Å²) in [5.74, 6) is -0.270. The molecule has 0 bridgehead atoms. The first kappa shape index (κ1) is 18.8. The molecule has 0 N–H and O–H groups in total. The molecule has 0 radical (unpaired) electrons. The molecule has 1 aromatic heterocycles. The molecule has 0 aliphatic heterocycles. The summed E-state index contributed by atoms with van der Waals surface area (Å²) in [6.45, 7) is 4.46. The van der Waals surface area contributed by atoms with Gasteiger partial charge in [-0.15, -0.1) is 0 Å². The van der Waals surface area contributed by atoms with E-state index in [-0.39, 0.29) is 18.1 Å². The van der Waals surface area contributed by atoms with Gasteiger partial charge in [0.15, 0.2) is 0 Å². The van der Waals surface area contributed by atoms with Crippen LogP contribution in [0.25, 0.3) is 5.69 Å². The van der Waals surface area contributed by atoms with E-state index in [0.717, 1.165) is 22.6 Å². The van der Waals surface area contributed by atoms with Gasteiger partial charge in [0.25, 0.3) is 0 Å². The lowest BCUT2D eigenvalue weighted by Crippen LogP contribution is -2.27. The number of rotatable bonds is 6. The number of hydrogen-bond acceptors (Lipinski definition) is 2. The summed E-state index contributed by atoms with van der Waals surface area (Å²) in [4.78, 5) is 14.2. The van der Waals surface area contributed by atoms with E-state index in [9.17, 15) is 9.18 Å². The molecule has 0 aliphatic rings. The summed E-state index contributed by atoms with van der Waals surface area (Å²) < 4.78 is 15.6. The number of aryl methyl sites for hydroxylation is 2. The van der Waals surface area contributed by atoms with E-state index >= 15 is 0 Å². The molecule has 0 fully saturated rings. The second-order valence-electron chi connectivity index (χ2n) is 6.74. The van der Waals surface area contributed by atoms with Gasteiger partial charge in [-0.2, -0.15) is 5.10 Å². The SMILES string of the molecule is Cc1nn(-c2ccccc2)c(C)c1CN(C)C(=O)CCc1ccccc1F. The van der Waals surface area contributed by atoms with Crippen molar-refractivity contribution >= 4 is 5.91 Å². The van der Waals surface area contributed by atoms with E-state index in [2.05, 4.69) is 5.10 Å². The predicted molar refractivity (Wildman–Crippen MR) is 104 cm³/mol. The van der Waals surface area contributed by atoms with Crippen LogP contribution in [-0.4, -0.2) is 27.6 Å². The summed E-state index contributed by atoms with van der Waals surface area (Å²) in [5, 5.41) is 4.63. The van der Waals surface area contributed by atoms with Crippen molar-refractivity contribution in [2.45, 2.75) is 33.2 Å². The number of nitrogens with zero attached hydrogens (tertiary/aromatic N) is 3. The zero-order valence-corrected chi connectivity index (χ0v) is 15.9. The molecule has 0 spiro atoms. The normalized spacial score (nSPS) is 10.8. The van der Waals surface area contributed by atoms with Crippen molar-refractivity contribution in [3.8, 4) is 5.69 Å². The zero-order valence-electron chi connectivity index (χ0n) is 15.9. The van der Waals surface area contributed by atoms with Gasteiger partial charge in [-0.3, -0.25) is 4.79 Å². The lowest BCUT2D eigenvalue weighted by Gasteiger charge is -2.18. The average molecular weight is 365 g/mol. The van der Waals surface area contributed by atoms with Gasteiger partial charge in [0, 0.05) is 31.3 Å². The molecule has 4 nitrogen and oxygen atoms in total. The summed E-state index contributed by atoms with van der Waals surface area (Å²) in [7, 11) is 1.78. The molecule has 0 saturated carbocycles. The maximum atomic E-state index is 13.7. The third kappa shape index (κ3) is 4.25. The topological polar surface area (TPSA) is 38.1 Å². The van der Waals surface area contributed by atoms with Gasteiger partial charge >= 0.3 is 0 Å². The number of hydrogen-bond donors (Lipinski definition) is 0. The Hall–Kier alpha value is -2.95. The molecule has 2 aromatic carbocycles. The zero-order chi connectivity index (χ0) is 19.4. The first-order valence-corrected chi connectivity index (χ1v) is 9.05. The molecule has 27 heavy (non-hydrogen) atoms. The van der Waals surface area contributed by atoms with Crippen LogP contribution < -0.4 is 0 Å². The lowest BCUT2D eigenvalue weighted by molar-refractivity contribution is -0.130. The molecule has 0 saturated heterocycles. The van der Waals surface area contributed by atoms with Gasteiger partial charge in [-0.25, -0.2) is 9.07 Å². The van der Waals surface area contributed by atoms with Gasteiger partial charge in [0.1, 0.15) is 5.82 Å². The molecule has 0 aliphatic carbocycles. The van der Waals surface area contributed by atoms with Crippen molar-refractivity contribution in [2.75, 3.05) is 7.05 Å². The lowest BCUT2D eigenvalue weighted by atomic mass is 10.1. The number of para-hydroxylation sites is 1. The molecular weight excluding hydrogens is 341 g/mol. The fraction of sp³-hybridized carbons (Fsp3) is 0.273. The Labute approximate surface area is 159 Å². The van der Waals surface area contributed by atoms with Crippen molar-refractivity contribution in [1.82, 2.24) is 14.7 Å². The minimum absolute atomic E-state index is 0.00971. The van der Waals surface area contributed by atoms with Crippen molar-refractivity contribution in [3.05, 3.63) is 82.9 Å².